The summed E-state index contributed by atoms with van der Waals surface area (Å²) in [5.74, 6) is 0.175. The number of hydrogen-bond acceptors (Lipinski definition) is 4. The molecule has 1 amide bonds. The third-order valence-electron chi connectivity index (χ3n) is 5.20. The van der Waals surface area contributed by atoms with Crippen LogP contribution in [0.4, 0.5) is 5.69 Å². The molecule has 0 saturated heterocycles. The van der Waals surface area contributed by atoms with E-state index in [1.807, 2.05) is 57.4 Å². The minimum Gasteiger partial charge on any atom is -0.322 e. The summed E-state index contributed by atoms with van der Waals surface area (Å²) in [4.78, 5) is 17.3. The van der Waals surface area contributed by atoms with Crippen molar-refractivity contribution < 1.29 is 4.79 Å². The van der Waals surface area contributed by atoms with Gasteiger partial charge >= 0.3 is 0 Å². The van der Waals surface area contributed by atoms with Gasteiger partial charge in [0.15, 0.2) is 5.16 Å². The second-order valence-electron chi connectivity index (χ2n) is 7.47. The second kappa shape index (κ2) is 8.81. The predicted octanol–water partition coefficient (Wildman–Crippen LogP) is 4.93. The minimum atomic E-state index is -0.0799. The van der Waals surface area contributed by atoms with E-state index in [1.165, 1.54) is 17.3 Å². The van der Waals surface area contributed by atoms with Crippen molar-refractivity contribution in [3.63, 3.8) is 0 Å². The molecule has 1 N–H and O–H groups in total. The molecule has 0 unspecified atom stereocenters. The number of imidazole rings is 1. The highest BCUT2D eigenvalue weighted by atomic mass is 32.2. The van der Waals surface area contributed by atoms with E-state index in [0.717, 1.165) is 39.2 Å². The summed E-state index contributed by atoms with van der Waals surface area (Å²) in [6.07, 6.45) is 1.87. The molecule has 4 aromatic rings. The third kappa shape index (κ3) is 4.41. The Morgan fingerprint density at radius 2 is 1.74 bits per heavy atom. The van der Waals surface area contributed by atoms with Crippen LogP contribution in [-0.2, 0) is 11.8 Å². The van der Waals surface area contributed by atoms with Gasteiger partial charge in [0.25, 0.3) is 0 Å². The lowest BCUT2D eigenvalue weighted by Crippen LogP contribution is -2.15. The first-order valence-electron chi connectivity index (χ1n) is 10.1. The number of para-hydroxylation sites is 1. The van der Waals surface area contributed by atoms with Crippen molar-refractivity contribution in [1.82, 2.24) is 19.3 Å². The molecule has 31 heavy (non-hydrogen) atoms. The summed E-state index contributed by atoms with van der Waals surface area (Å²) in [5, 5.41) is 8.13. The number of carbonyl (C=O) groups is 1. The first kappa shape index (κ1) is 20.9. The number of aromatic nitrogens is 4. The average molecular weight is 432 g/mol. The molecular formula is C24H25N5OS. The molecule has 2 aromatic heterocycles. The molecule has 4 rings (SSSR count). The van der Waals surface area contributed by atoms with Gasteiger partial charge in [-0.25, -0.2) is 4.98 Å². The van der Waals surface area contributed by atoms with Gasteiger partial charge in [-0.3, -0.25) is 14.0 Å². The van der Waals surface area contributed by atoms with Crippen molar-refractivity contribution in [3.05, 3.63) is 77.7 Å². The maximum absolute atomic E-state index is 12.7. The zero-order valence-electron chi connectivity index (χ0n) is 18.1. The molecule has 6 nitrogen and oxygen atoms in total. The number of carbonyl (C=O) groups excluding carboxylic acids is 1. The van der Waals surface area contributed by atoms with E-state index in [2.05, 4.69) is 51.2 Å². The molecule has 2 aromatic carbocycles. The summed E-state index contributed by atoms with van der Waals surface area (Å²) in [7, 11) is 1.87. The van der Waals surface area contributed by atoms with Crippen LogP contribution in [0.15, 0.2) is 66.0 Å². The lowest BCUT2D eigenvalue weighted by molar-refractivity contribution is -0.113. The zero-order valence-corrected chi connectivity index (χ0v) is 18.9. The Morgan fingerprint density at radius 1 is 1.03 bits per heavy atom. The third-order valence-corrected chi connectivity index (χ3v) is 6.15. The van der Waals surface area contributed by atoms with Crippen molar-refractivity contribution in [2.45, 2.75) is 25.9 Å². The summed E-state index contributed by atoms with van der Waals surface area (Å²) in [5.41, 5.74) is 6.82. The molecular weight excluding hydrogens is 406 g/mol. The number of amides is 1. The van der Waals surface area contributed by atoms with Crippen LogP contribution in [0.1, 0.15) is 17.0 Å². The molecule has 0 saturated carbocycles. The molecule has 2 heterocycles. The van der Waals surface area contributed by atoms with Crippen LogP contribution >= 0.6 is 11.8 Å². The Balaban J connectivity index is 1.59. The number of hydrogen-bond donors (Lipinski definition) is 1. The Hall–Kier alpha value is -3.32. The highest BCUT2D eigenvalue weighted by molar-refractivity contribution is 7.99. The number of anilines is 1. The summed E-state index contributed by atoms with van der Waals surface area (Å²) in [6, 6.07) is 18.5. The van der Waals surface area contributed by atoms with E-state index < -0.39 is 0 Å². The van der Waals surface area contributed by atoms with E-state index in [9.17, 15) is 4.79 Å². The van der Waals surface area contributed by atoms with E-state index in [0.29, 0.717) is 0 Å². The van der Waals surface area contributed by atoms with Crippen molar-refractivity contribution in [1.29, 1.82) is 0 Å². The van der Waals surface area contributed by atoms with Crippen LogP contribution in [0.3, 0.4) is 0 Å². The predicted molar refractivity (Wildman–Crippen MR) is 126 cm³/mol. The molecule has 0 aliphatic heterocycles. The zero-order chi connectivity index (χ0) is 22.0. The van der Waals surface area contributed by atoms with Gasteiger partial charge in [-0.05, 0) is 32.9 Å². The van der Waals surface area contributed by atoms with Crippen LogP contribution in [0, 0.1) is 20.8 Å². The van der Waals surface area contributed by atoms with E-state index >= 15 is 0 Å². The minimum absolute atomic E-state index is 0.0799. The fourth-order valence-electron chi connectivity index (χ4n) is 3.45. The summed E-state index contributed by atoms with van der Waals surface area (Å²) < 4.78 is 3.87. The van der Waals surface area contributed by atoms with Gasteiger partial charge in [0, 0.05) is 18.3 Å². The summed E-state index contributed by atoms with van der Waals surface area (Å²) >= 11 is 1.42. The standard InChI is InChI=1S/C24H25N5OS/c1-16-10-12-19(13-11-16)21-14-25-24(29(21)20-8-6-5-7-9-20)31-15-22(30)26-23-17(2)27-28(4)18(23)3/h5-14H,15H2,1-4H3,(H,26,30). The van der Waals surface area contributed by atoms with Crippen molar-refractivity contribution in [2.75, 3.05) is 11.1 Å². The van der Waals surface area contributed by atoms with Crippen LogP contribution in [0.2, 0.25) is 0 Å². The fraction of sp³-hybridized carbons (Fsp3) is 0.208. The first-order chi connectivity index (χ1) is 14.9. The van der Waals surface area contributed by atoms with Crippen LogP contribution in [-0.4, -0.2) is 31.0 Å². The van der Waals surface area contributed by atoms with Crippen LogP contribution in [0.25, 0.3) is 16.9 Å². The van der Waals surface area contributed by atoms with E-state index in [1.54, 1.807) is 4.68 Å². The van der Waals surface area contributed by atoms with Crippen LogP contribution in [0.5, 0.6) is 0 Å². The molecule has 0 fully saturated rings. The Kier molecular flexibility index (Phi) is 5.95. The molecule has 0 bridgehead atoms. The van der Waals surface area contributed by atoms with Gasteiger partial charge < -0.3 is 5.32 Å². The normalized spacial score (nSPS) is 11.0. The SMILES string of the molecule is Cc1ccc(-c2cnc(SCC(=O)Nc3c(C)nn(C)c3C)n2-c2ccccc2)cc1. The Morgan fingerprint density at radius 3 is 2.39 bits per heavy atom. The van der Waals surface area contributed by atoms with E-state index in [-0.39, 0.29) is 11.7 Å². The maximum Gasteiger partial charge on any atom is 0.234 e. The smallest absolute Gasteiger partial charge is 0.234 e. The van der Waals surface area contributed by atoms with Crippen molar-refractivity contribution >= 4 is 23.4 Å². The monoisotopic (exact) mass is 431 g/mol. The van der Waals surface area contributed by atoms with E-state index in [4.69, 9.17) is 0 Å². The maximum atomic E-state index is 12.7. The number of rotatable bonds is 6. The first-order valence-corrected chi connectivity index (χ1v) is 11.1. The number of benzene rings is 2. The molecule has 0 radical (unpaired) electrons. The highest BCUT2D eigenvalue weighted by Crippen LogP contribution is 2.30. The van der Waals surface area contributed by atoms with Gasteiger partial charge in [-0.2, -0.15) is 5.10 Å². The van der Waals surface area contributed by atoms with Crippen LogP contribution < -0.4 is 5.32 Å². The number of aryl methyl sites for hydroxylation is 3. The van der Waals surface area contributed by atoms with Gasteiger partial charge in [0.2, 0.25) is 5.91 Å². The lowest BCUT2D eigenvalue weighted by Gasteiger charge is -2.12. The molecule has 158 valence electrons. The lowest BCUT2D eigenvalue weighted by atomic mass is 10.1. The number of thioether (sulfide) groups is 1. The molecule has 0 spiro atoms. The topological polar surface area (TPSA) is 64.7 Å². The highest BCUT2D eigenvalue weighted by Gasteiger charge is 2.17. The van der Waals surface area contributed by atoms with Gasteiger partial charge in [-0.1, -0.05) is 59.8 Å². The number of nitrogens with one attached hydrogen (secondary N) is 1. The molecule has 7 heteroatoms. The quantitative estimate of drug-likeness (QED) is 0.440. The Labute approximate surface area is 186 Å². The average Bonchev–Trinajstić information content (AvgIpc) is 3.29. The van der Waals surface area contributed by atoms with Crippen molar-refractivity contribution in [2.24, 2.45) is 7.05 Å². The number of nitrogens with zero attached hydrogens (tertiary/aromatic N) is 4. The second-order valence-corrected chi connectivity index (χ2v) is 8.41. The molecule has 0 aliphatic carbocycles. The molecule has 0 atom stereocenters. The largest absolute Gasteiger partial charge is 0.322 e. The van der Waals surface area contributed by atoms with Gasteiger partial charge in [-0.15, -0.1) is 0 Å². The Bertz CT molecular complexity index is 1210. The van der Waals surface area contributed by atoms with Crippen molar-refractivity contribution in [3.8, 4) is 16.9 Å². The fourth-order valence-corrected chi connectivity index (χ4v) is 4.24. The summed E-state index contributed by atoms with van der Waals surface area (Å²) in [6.45, 7) is 5.91. The molecule has 0 aliphatic rings. The van der Waals surface area contributed by atoms with Gasteiger partial charge in [0.05, 0.1) is 34.7 Å². The van der Waals surface area contributed by atoms with Gasteiger partial charge in [0.1, 0.15) is 0 Å².